The van der Waals surface area contributed by atoms with Crippen LogP contribution >= 0.6 is 11.6 Å². The maximum Gasteiger partial charge on any atom is 0.206 e. The van der Waals surface area contributed by atoms with E-state index in [4.69, 9.17) is 25.8 Å². The number of nitrogens with zero attached hydrogens (tertiary/aromatic N) is 3. The van der Waals surface area contributed by atoms with Crippen LogP contribution in [0.25, 0.3) is 0 Å². The maximum atomic E-state index is 6.35. The average molecular weight is 511 g/mol. The number of likely N-dealkylation sites (tertiary alicyclic amines) is 1. The molecule has 0 radical (unpaired) electrons. The van der Waals surface area contributed by atoms with Gasteiger partial charge in [0, 0.05) is 31.7 Å². The third-order valence-electron chi connectivity index (χ3n) is 5.74. The van der Waals surface area contributed by atoms with Crippen molar-refractivity contribution in [2.75, 3.05) is 18.4 Å². The lowest BCUT2D eigenvalue weighted by atomic mass is 10.0. The molecule has 0 aliphatic carbocycles. The number of halogens is 1. The smallest absolute Gasteiger partial charge is 0.206 e. The van der Waals surface area contributed by atoms with E-state index in [0.29, 0.717) is 17.3 Å². The van der Waals surface area contributed by atoms with Crippen molar-refractivity contribution < 1.29 is 14.2 Å². The van der Waals surface area contributed by atoms with Crippen LogP contribution in [0.5, 0.6) is 23.0 Å². The number of anilines is 1. The molecule has 192 valence electrons. The van der Waals surface area contributed by atoms with Crippen molar-refractivity contribution in [1.29, 1.82) is 0 Å². The van der Waals surface area contributed by atoms with Gasteiger partial charge in [-0.1, -0.05) is 29.8 Å². The lowest BCUT2D eigenvalue weighted by Gasteiger charge is -2.33. The fourth-order valence-electron chi connectivity index (χ4n) is 4.24. The van der Waals surface area contributed by atoms with E-state index in [1.54, 1.807) is 0 Å². The van der Waals surface area contributed by atoms with Gasteiger partial charge in [-0.25, -0.2) is 9.97 Å². The molecule has 2 heterocycles. The average Bonchev–Trinajstić information content (AvgIpc) is 2.82. The molecule has 1 aromatic heterocycles. The Kier molecular flexibility index (Phi) is 8.88. The Morgan fingerprint density at radius 1 is 0.917 bits per heavy atom. The zero-order valence-corrected chi connectivity index (χ0v) is 22.2. The number of hydrogen-bond donors (Lipinski definition) is 1. The second-order valence-electron chi connectivity index (χ2n) is 9.60. The van der Waals surface area contributed by atoms with Gasteiger partial charge in [0.2, 0.25) is 5.75 Å². The molecule has 0 atom stereocenters. The summed E-state index contributed by atoms with van der Waals surface area (Å²) in [5.41, 5.74) is 1.19. The molecule has 36 heavy (non-hydrogen) atoms. The van der Waals surface area contributed by atoms with Gasteiger partial charge in [0.1, 0.15) is 23.6 Å². The first-order valence-corrected chi connectivity index (χ1v) is 12.9. The first-order valence-electron chi connectivity index (χ1n) is 12.6. The van der Waals surface area contributed by atoms with Gasteiger partial charge >= 0.3 is 0 Å². The highest BCUT2D eigenvalue weighted by molar-refractivity contribution is 6.31. The van der Waals surface area contributed by atoms with Crippen molar-refractivity contribution in [2.45, 2.75) is 65.3 Å². The van der Waals surface area contributed by atoms with E-state index in [1.165, 1.54) is 11.9 Å². The Morgan fingerprint density at radius 2 is 1.56 bits per heavy atom. The van der Waals surface area contributed by atoms with Crippen LogP contribution in [-0.2, 0) is 6.54 Å². The van der Waals surface area contributed by atoms with Gasteiger partial charge in [0.05, 0.1) is 12.2 Å². The molecule has 8 heteroatoms. The molecule has 4 rings (SSSR count). The predicted molar refractivity (Wildman–Crippen MR) is 143 cm³/mol. The summed E-state index contributed by atoms with van der Waals surface area (Å²) in [5.74, 6) is 3.46. The van der Waals surface area contributed by atoms with E-state index in [1.807, 2.05) is 64.1 Å². The number of nitrogens with one attached hydrogen (secondary N) is 1. The molecule has 0 amide bonds. The summed E-state index contributed by atoms with van der Waals surface area (Å²) in [6, 6.07) is 16.0. The summed E-state index contributed by atoms with van der Waals surface area (Å²) in [7, 11) is 0. The first-order chi connectivity index (χ1) is 17.4. The molecular weight excluding hydrogens is 476 g/mol. The van der Waals surface area contributed by atoms with Crippen molar-refractivity contribution in [3.05, 3.63) is 65.6 Å². The molecule has 1 aliphatic rings. The minimum absolute atomic E-state index is 0.111. The summed E-state index contributed by atoms with van der Waals surface area (Å²) in [6.45, 7) is 10.9. The number of hydrogen-bond acceptors (Lipinski definition) is 7. The third-order valence-corrected chi connectivity index (χ3v) is 6.01. The van der Waals surface area contributed by atoms with E-state index in [9.17, 15) is 0 Å². The molecule has 2 aromatic carbocycles. The Balaban J connectivity index is 1.38. The van der Waals surface area contributed by atoms with Crippen molar-refractivity contribution in [3.8, 4) is 23.0 Å². The van der Waals surface area contributed by atoms with Crippen LogP contribution in [0.1, 0.15) is 46.1 Å². The van der Waals surface area contributed by atoms with Crippen molar-refractivity contribution in [2.24, 2.45) is 0 Å². The van der Waals surface area contributed by atoms with E-state index < -0.39 is 0 Å². The lowest BCUT2D eigenvalue weighted by molar-refractivity contribution is 0.207. The standard InChI is InChI=1S/C28H35ClN4O3/c1-19(2)34-24-14-21(15-25(16-24)35-20(3)4)17-33-12-10-22(11-13-33)32-28-26(27(29)30-18-31-28)36-23-8-6-5-7-9-23/h5-9,14-16,18-20,22H,10-13,17H2,1-4H3,(H,30,31,32). The second kappa shape index (κ2) is 12.3. The number of benzene rings is 2. The number of aromatic nitrogens is 2. The number of piperidine rings is 1. The summed E-state index contributed by atoms with van der Waals surface area (Å²) in [4.78, 5) is 11.0. The predicted octanol–water partition coefficient (Wildman–Crippen LogP) is 6.57. The van der Waals surface area contributed by atoms with Crippen LogP contribution in [0, 0.1) is 0 Å². The van der Waals surface area contributed by atoms with Gasteiger partial charge in [-0.2, -0.15) is 0 Å². The van der Waals surface area contributed by atoms with Crippen molar-refractivity contribution in [1.82, 2.24) is 14.9 Å². The highest BCUT2D eigenvalue weighted by Crippen LogP contribution is 2.34. The first kappa shape index (κ1) is 26.0. The van der Waals surface area contributed by atoms with Gasteiger partial charge in [0.25, 0.3) is 0 Å². The fraction of sp³-hybridized carbons (Fsp3) is 0.429. The van der Waals surface area contributed by atoms with Crippen LogP contribution in [0.4, 0.5) is 5.82 Å². The van der Waals surface area contributed by atoms with Gasteiger partial charge in [0.15, 0.2) is 11.0 Å². The van der Waals surface area contributed by atoms with Gasteiger partial charge in [-0.15, -0.1) is 0 Å². The zero-order chi connectivity index (χ0) is 25.5. The van der Waals surface area contributed by atoms with Crippen molar-refractivity contribution >= 4 is 17.4 Å². The monoisotopic (exact) mass is 510 g/mol. The summed E-state index contributed by atoms with van der Waals surface area (Å²) in [5, 5.41) is 3.82. The Hall–Kier alpha value is -3.03. The van der Waals surface area contributed by atoms with Crippen LogP contribution in [-0.4, -0.2) is 46.2 Å². The van der Waals surface area contributed by atoms with Crippen LogP contribution in [0.3, 0.4) is 0 Å². The normalized spacial score (nSPS) is 14.8. The zero-order valence-electron chi connectivity index (χ0n) is 21.4. The Bertz CT molecular complexity index is 1090. The molecule has 3 aromatic rings. The largest absolute Gasteiger partial charge is 0.491 e. The van der Waals surface area contributed by atoms with Crippen LogP contribution in [0.15, 0.2) is 54.9 Å². The quantitative estimate of drug-likeness (QED) is 0.309. The number of rotatable bonds is 10. The Morgan fingerprint density at radius 3 is 2.17 bits per heavy atom. The highest BCUT2D eigenvalue weighted by Gasteiger charge is 2.22. The molecule has 7 nitrogen and oxygen atoms in total. The van der Waals surface area contributed by atoms with Gasteiger partial charge in [-0.3, -0.25) is 4.90 Å². The minimum Gasteiger partial charge on any atom is -0.491 e. The van der Waals surface area contributed by atoms with Crippen molar-refractivity contribution in [3.63, 3.8) is 0 Å². The Labute approximate surface area is 218 Å². The topological polar surface area (TPSA) is 68.7 Å². The van der Waals surface area contributed by atoms with E-state index in [-0.39, 0.29) is 23.4 Å². The van der Waals surface area contributed by atoms with Gasteiger partial charge in [-0.05, 0) is 70.4 Å². The minimum atomic E-state index is 0.111. The van der Waals surface area contributed by atoms with E-state index >= 15 is 0 Å². The molecule has 0 spiro atoms. The fourth-order valence-corrected chi connectivity index (χ4v) is 4.41. The molecule has 1 N–H and O–H groups in total. The SMILES string of the molecule is CC(C)Oc1cc(CN2CCC(Nc3ncnc(Cl)c3Oc3ccccc3)CC2)cc(OC(C)C)c1. The maximum absolute atomic E-state index is 6.35. The third kappa shape index (κ3) is 7.48. The summed E-state index contributed by atoms with van der Waals surface area (Å²) >= 11 is 6.35. The molecule has 0 bridgehead atoms. The summed E-state index contributed by atoms with van der Waals surface area (Å²) < 4.78 is 17.9. The van der Waals surface area contributed by atoms with E-state index in [0.717, 1.165) is 44.0 Å². The lowest BCUT2D eigenvalue weighted by Crippen LogP contribution is -2.38. The van der Waals surface area contributed by atoms with Crippen LogP contribution < -0.4 is 19.5 Å². The molecule has 1 fully saturated rings. The second-order valence-corrected chi connectivity index (χ2v) is 9.96. The summed E-state index contributed by atoms with van der Waals surface area (Å²) in [6.07, 6.45) is 3.63. The highest BCUT2D eigenvalue weighted by atomic mass is 35.5. The molecule has 0 unspecified atom stereocenters. The molecular formula is C28H35ClN4O3. The van der Waals surface area contributed by atoms with Gasteiger partial charge < -0.3 is 19.5 Å². The molecule has 1 aliphatic heterocycles. The van der Waals surface area contributed by atoms with E-state index in [2.05, 4.69) is 32.3 Å². The number of ether oxygens (including phenoxy) is 3. The molecule has 1 saturated heterocycles. The van der Waals surface area contributed by atoms with Crippen LogP contribution in [0.2, 0.25) is 5.15 Å². The number of para-hydroxylation sites is 1. The molecule has 0 saturated carbocycles.